The summed E-state index contributed by atoms with van der Waals surface area (Å²) in [5.41, 5.74) is 2.10. The lowest BCUT2D eigenvalue weighted by Gasteiger charge is -2.15. The lowest BCUT2D eigenvalue weighted by Crippen LogP contribution is -2.12. The Morgan fingerprint density at radius 3 is 2.16 bits per heavy atom. The molecule has 0 aliphatic heterocycles. The van der Waals surface area contributed by atoms with Crippen LogP contribution in [0.3, 0.4) is 0 Å². The maximum Gasteiger partial charge on any atom is 0.343 e. The molecular formula is C18H21ClO5S. The molecule has 2 aromatic carbocycles. The van der Waals surface area contributed by atoms with E-state index < -0.39 is 10.1 Å². The molecule has 0 atom stereocenters. The van der Waals surface area contributed by atoms with Crippen LogP contribution in [0, 0.1) is 6.92 Å². The molecule has 0 fully saturated rings. The molecule has 136 valence electrons. The number of rotatable bonds is 6. The predicted octanol–water partition coefficient (Wildman–Crippen LogP) is 4.56. The maximum absolute atomic E-state index is 12.7. The van der Waals surface area contributed by atoms with Gasteiger partial charge in [-0.05, 0) is 36.1 Å². The van der Waals surface area contributed by atoms with E-state index in [2.05, 4.69) is 13.8 Å². The van der Waals surface area contributed by atoms with Gasteiger partial charge in [0.2, 0.25) is 0 Å². The van der Waals surface area contributed by atoms with Crippen molar-refractivity contribution >= 4 is 21.7 Å². The van der Waals surface area contributed by atoms with Crippen LogP contribution in [0.15, 0.2) is 35.2 Å². The Balaban J connectivity index is 2.44. The zero-order chi connectivity index (χ0) is 18.8. The Labute approximate surface area is 153 Å². The SMILES string of the molecule is COc1cc(S(=O)(=O)Oc2ccc(C(C)C)c(C)c2)c(OC)cc1Cl. The van der Waals surface area contributed by atoms with Gasteiger partial charge in [0.05, 0.1) is 19.2 Å². The zero-order valence-corrected chi connectivity index (χ0v) is 16.4. The van der Waals surface area contributed by atoms with Crippen molar-refractivity contribution in [3.05, 3.63) is 46.5 Å². The summed E-state index contributed by atoms with van der Waals surface area (Å²) in [4.78, 5) is -0.151. The topological polar surface area (TPSA) is 61.8 Å². The normalized spacial score (nSPS) is 11.5. The van der Waals surface area contributed by atoms with Crippen molar-refractivity contribution in [2.75, 3.05) is 14.2 Å². The highest BCUT2D eigenvalue weighted by Crippen LogP contribution is 2.36. The fourth-order valence-corrected chi connectivity index (χ4v) is 3.86. The van der Waals surface area contributed by atoms with Gasteiger partial charge >= 0.3 is 10.1 Å². The number of hydrogen-bond acceptors (Lipinski definition) is 5. The van der Waals surface area contributed by atoms with E-state index in [0.717, 1.165) is 11.1 Å². The molecule has 0 aliphatic rings. The number of methoxy groups -OCH3 is 2. The Morgan fingerprint density at radius 2 is 1.64 bits per heavy atom. The smallest absolute Gasteiger partial charge is 0.343 e. The van der Waals surface area contributed by atoms with Gasteiger partial charge in [-0.25, -0.2) is 0 Å². The molecule has 0 aromatic heterocycles. The van der Waals surface area contributed by atoms with Crippen molar-refractivity contribution in [1.82, 2.24) is 0 Å². The molecule has 0 aliphatic carbocycles. The highest BCUT2D eigenvalue weighted by molar-refractivity contribution is 7.87. The molecule has 5 nitrogen and oxygen atoms in total. The lowest BCUT2D eigenvalue weighted by atomic mass is 9.98. The van der Waals surface area contributed by atoms with Crippen molar-refractivity contribution in [3.63, 3.8) is 0 Å². The molecule has 0 unspecified atom stereocenters. The third kappa shape index (κ3) is 4.19. The van der Waals surface area contributed by atoms with Gasteiger partial charge in [0.1, 0.15) is 17.2 Å². The molecule has 25 heavy (non-hydrogen) atoms. The van der Waals surface area contributed by atoms with Crippen LogP contribution >= 0.6 is 11.6 Å². The van der Waals surface area contributed by atoms with Gasteiger partial charge < -0.3 is 13.7 Å². The van der Waals surface area contributed by atoms with Crippen LogP contribution in [0.2, 0.25) is 5.02 Å². The van der Waals surface area contributed by atoms with E-state index in [1.807, 2.05) is 13.0 Å². The van der Waals surface area contributed by atoms with Crippen molar-refractivity contribution in [3.8, 4) is 17.2 Å². The summed E-state index contributed by atoms with van der Waals surface area (Å²) in [7, 11) is -1.36. The van der Waals surface area contributed by atoms with Crippen LogP contribution < -0.4 is 13.7 Å². The van der Waals surface area contributed by atoms with E-state index in [9.17, 15) is 8.42 Å². The summed E-state index contributed by atoms with van der Waals surface area (Å²) in [5.74, 6) is 0.876. The number of benzene rings is 2. The van der Waals surface area contributed by atoms with E-state index in [0.29, 0.717) is 5.92 Å². The van der Waals surface area contributed by atoms with E-state index in [4.69, 9.17) is 25.3 Å². The van der Waals surface area contributed by atoms with E-state index in [1.165, 1.54) is 26.4 Å². The second kappa shape index (κ2) is 7.54. The summed E-state index contributed by atoms with van der Waals surface area (Å²) >= 11 is 6.02. The fourth-order valence-electron chi connectivity index (χ4n) is 2.55. The van der Waals surface area contributed by atoms with Gasteiger partial charge in [-0.3, -0.25) is 0 Å². The van der Waals surface area contributed by atoms with Gasteiger partial charge in [-0.2, -0.15) is 8.42 Å². The minimum atomic E-state index is -4.12. The van der Waals surface area contributed by atoms with Gasteiger partial charge in [0.25, 0.3) is 0 Å². The lowest BCUT2D eigenvalue weighted by molar-refractivity contribution is 0.388. The molecular weight excluding hydrogens is 364 g/mol. The second-order valence-electron chi connectivity index (χ2n) is 5.85. The Bertz CT molecular complexity index is 875. The molecule has 0 amide bonds. The van der Waals surface area contributed by atoms with E-state index >= 15 is 0 Å². The average molecular weight is 385 g/mol. The van der Waals surface area contributed by atoms with Crippen molar-refractivity contribution in [2.24, 2.45) is 0 Å². The average Bonchev–Trinajstić information content (AvgIpc) is 2.53. The molecule has 7 heteroatoms. The van der Waals surface area contributed by atoms with E-state index in [-0.39, 0.29) is 27.2 Å². The maximum atomic E-state index is 12.7. The summed E-state index contributed by atoms with van der Waals surface area (Å²) < 4.78 is 40.9. The number of halogens is 1. The highest BCUT2D eigenvalue weighted by atomic mass is 35.5. The van der Waals surface area contributed by atoms with Crippen LogP contribution in [0.25, 0.3) is 0 Å². The Hall–Kier alpha value is -1.92. The summed E-state index contributed by atoms with van der Waals surface area (Å²) in [5, 5.41) is 0.246. The monoisotopic (exact) mass is 384 g/mol. The first kappa shape index (κ1) is 19.4. The molecule has 0 N–H and O–H groups in total. The van der Waals surface area contributed by atoms with Gasteiger partial charge in [-0.1, -0.05) is 31.5 Å². The fraction of sp³-hybridized carbons (Fsp3) is 0.333. The Morgan fingerprint density at radius 1 is 1.00 bits per heavy atom. The molecule has 0 saturated heterocycles. The minimum absolute atomic E-state index is 0.0846. The van der Waals surface area contributed by atoms with Crippen molar-refractivity contribution in [1.29, 1.82) is 0 Å². The third-order valence-electron chi connectivity index (χ3n) is 3.78. The van der Waals surface area contributed by atoms with Crippen LogP contribution in [0.4, 0.5) is 0 Å². The van der Waals surface area contributed by atoms with Gasteiger partial charge in [0.15, 0.2) is 4.90 Å². The quantitative estimate of drug-likeness (QED) is 0.683. The first-order valence-electron chi connectivity index (χ1n) is 7.66. The van der Waals surface area contributed by atoms with Crippen molar-refractivity contribution in [2.45, 2.75) is 31.6 Å². The number of aryl methyl sites for hydroxylation is 1. The number of hydrogen-bond donors (Lipinski definition) is 0. The van der Waals surface area contributed by atoms with Gasteiger partial charge in [0, 0.05) is 12.1 Å². The van der Waals surface area contributed by atoms with Crippen LogP contribution in [0.1, 0.15) is 30.9 Å². The first-order chi connectivity index (χ1) is 11.7. The Kier molecular flexibility index (Phi) is 5.85. The highest BCUT2D eigenvalue weighted by Gasteiger charge is 2.25. The summed E-state index contributed by atoms with van der Waals surface area (Å²) in [6, 6.07) is 7.87. The van der Waals surface area contributed by atoms with Gasteiger partial charge in [-0.15, -0.1) is 0 Å². The second-order valence-corrected chi connectivity index (χ2v) is 7.77. The number of ether oxygens (including phenoxy) is 2. The molecule has 2 rings (SSSR count). The van der Waals surface area contributed by atoms with Crippen LogP contribution in [0.5, 0.6) is 17.2 Å². The first-order valence-corrected chi connectivity index (χ1v) is 9.44. The minimum Gasteiger partial charge on any atom is -0.495 e. The van der Waals surface area contributed by atoms with Crippen molar-refractivity contribution < 1.29 is 22.1 Å². The standard InChI is InChI=1S/C18H21ClO5S/c1-11(2)14-7-6-13(8-12(14)3)24-25(20,21)18-10-16(22-4)15(19)9-17(18)23-5/h6-11H,1-5H3. The zero-order valence-electron chi connectivity index (χ0n) is 14.8. The molecule has 0 saturated carbocycles. The summed E-state index contributed by atoms with van der Waals surface area (Å²) in [6.07, 6.45) is 0. The molecule has 0 spiro atoms. The molecule has 0 radical (unpaired) electrons. The van der Waals surface area contributed by atoms with Crippen LogP contribution in [-0.2, 0) is 10.1 Å². The van der Waals surface area contributed by atoms with E-state index in [1.54, 1.807) is 12.1 Å². The predicted molar refractivity (Wildman–Crippen MR) is 97.6 cm³/mol. The molecule has 0 heterocycles. The molecule has 2 aromatic rings. The summed E-state index contributed by atoms with van der Waals surface area (Å²) in [6.45, 7) is 6.07. The van der Waals surface area contributed by atoms with Crippen LogP contribution in [-0.4, -0.2) is 22.6 Å². The third-order valence-corrected chi connectivity index (χ3v) is 5.34. The largest absolute Gasteiger partial charge is 0.495 e. The molecule has 0 bridgehead atoms.